The van der Waals surface area contributed by atoms with Crippen molar-refractivity contribution in [3.05, 3.63) is 59.4 Å². The number of pyridine rings is 1. The summed E-state index contributed by atoms with van der Waals surface area (Å²) in [6, 6.07) is 9.75. The average Bonchev–Trinajstić information content (AvgIpc) is 2.63. The Morgan fingerprint density at radius 2 is 1.77 bits per heavy atom. The largest absolute Gasteiger partial charge is 0.320 e. The van der Waals surface area contributed by atoms with Gasteiger partial charge in [0.05, 0.1) is 6.04 Å². The minimum atomic E-state index is -0.486. The Labute approximate surface area is 157 Å². The van der Waals surface area contributed by atoms with E-state index in [0.717, 1.165) is 55.5 Å². The van der Waals surface area contributed by atoms with Crippen LogP contribution in [0.1, 0.15) is 49.3 Å². The molecule has 1 aromatic carbocycles. The van der Waals surface area contributed by atoms with E-state index in [4.69, 9.17) is 5.73 Å². The Kier molecular flexibility index (Phi) is 7.79. The first kappa shape index (κ1) is 20.1. The number of aryl methyl sites for hydroxylation is 3. The van der Waals surface area contributed by atoms with Crippen LogP contribution >= 0.6 is 0 Å². The third-order valence-corrected chi connectivity index (χ3v) is 4.68. The SMILES string of the molecule is Cc1cccc(C)c1N(CCCCCCc1cccnc1)C(=O)C(C)N. The first-order chi connectivity index (χ1) is 12.5. The molecule has 0 aliphatic carbocycles. The molecule has 0 saturated carbocycles. The van der Waals surface area contributed by atoms with Crippen molar-refractivity contribution >= 4 is 11.6 Å². The number of amides is 1. The second kappa shape index (κ2) is 10.1. The summed E-state index contributed by atoms with van der Waals surface area (Å²) in [5.74, 6) is -0.00207. The molecule has 0 spiro atoms. The molecule has 0 aliphatic heterocycles. The molecular weight excluding hydrogens is 322 g/mol. The maximum atomic E-state index is 12.6. The molecule has 0 aliphatic rings. The number of hydrogen-bond donors (Lipinski definition) is 1. The summed E-state index contributed by atoms with van der Waals surface area (Å²) in [6.45, 7) is 6.59. The lowest BCUT2D eigenvalue weighted by Crippen LogP contribution is -2.43. The van der Waals surface area contributed by atoms with Crippen molar-refractivity contribution < 1.29 is 4.79 Å². The highest BCUT2D eigenvalue weighted by Crippen LogP contribution is 2.25. The second-order valence-corrected chi connectivity index (χ2v) is 7.04. The molecule has 4 nitrogen and oxygen atoms in total. The quantitative estimate of drug-likeness (QED) is 0.688. The second-order valence-electron chi connectivity index (χ2n) is 7.04. The summed E-state index contributed by atoms with van der Waals surface area (Å²) in [7, 11) is 0. The molecular formula is C22H31N3O. The number of rotatable bonds is 9. The molecule has 0 saturated heterocycles. The van der Waals surface area contributed by atoms with Crippen LogP contribution in [0.2, 0.25) is 0 Å². The number of hydrogen-bond acceptors (Lipinski definition) is 3. The van der Waals surface area contributed by atoms with Crippen molar-refractivity contribution in [1.29, 1.82) is 0 Å². The van der Waals surface area contributed by atoms with Crippen molar-refractivity contribution in [2.24, 2.45) is 5.73 Å². The molecule has 2 aromatic rings. The van der Waals surface area contributed by atoms with Crippen LogP contribution in [0.4, 0.5) is 5.69 Å². The Hall–Kier alpha value is -2.20. The van der Waals surface area contributed by atoms with Gasteiger partial charge < -0.3 is 10.6 Å². The molecule has 0 bridgehead atoms. The molecule has 140 valence electrons. The lowest BCUT2D eigenvalue weighted by molar-refractivity contribution is -0.119. The number of nitrogens with zero attached hydrogens (tertiary/aromatic N) is 2. The lowest BCUT2D eigenvalue weighted by Gasteiger charge is -2.28. The summed E-state index contributed by atoms with van der Waals surface area (Å²) in [5.41, 5.74) is 10.4. The molecule has 1 amide bonds. The number of nitrogens with two attached hydrogens (primary N) is 1. The highest BCUT2D eigenvalue weighted by molar-refractivity contribution is 5.98. The molecule has 4 heteroatoms. The van der Waals surface area contributed by atoms with E-state index in [1.807, 2.05) is 23.2 Å². The Bertz CT molecular complexity index is 678. The van der Waals surface area contributed by atoms with Crippen molar-refractivity contribution in [2.45, 2.75) is 58.9 Å². The number of anilines is 1. The van der Waals surface area contributed by atoms with Gasteiger partial charge in [0.2, 0.25) is 5.91 Å². The van der Waals surface area contributed by atoms with E-state index < -0.39 is 6.04 Å². The van der Waals surface area contributed by atoms with E-state index in [1.165, 1.54) is 5.56 Å². The molecule has 0 radical (unpaired) electrons. The zero-order valence-electron chi connectivity index (χ0n) is 16.2. The summed E-state index contributed by atoms with van der Waals surface area (Å²) in [4.78, 5) is 18.7. The van der Waals surface area contributed by atoms with Crippen LogP contribution in [-0.2, 0) is 11.2 Å². The van der Waals surface area contributed by atoms with Crippen LogP contribution in [-0.4, -0.2) is 23.5 Å². The van der Waals surface area contributed by atoms with E-state index in [9.17, 15) is 4.79 Å². The van der Waals surface area contributed by atoms with E-state index in [1.54, 1.807) is 13.1 Å². The number of aromatic nitrogens is 1. The average molecular weight is 354 g/mol. The summed E-state index contributed by atoms with van der Waals surface area (Å²) in [5, 5.41) is 0. The lowest BCUT2D eigenvalue weighted by atomic mass is 10.0. The summed E-state index contributed by atoms with van der Waals surface area (Å²) >= 11 is 0. The smallest absolute Gasteiger partial charge is 0.243 e. The standard InChI is InChI=1S/C22H31N3O/c1-17-10-8-11-18(2)21(17)25(22(26)19(3)23)15-7-5-4-6-12-20-13-9-14-24-16-20/h8-11,13-14,16,19H,4-7,12,15,23H2,1-3H3. The topological polar surface area (TPSA) is 59.2 Å². The third kappa shape index (κ3) is 5.67. The molecule has 1 heterocycles. The molecule has 2 rings (SSSR count). The fraction of sp³-hybridized carbons (Fsp3) is 0.455. The molecule has 2 N–H and O–H groups in total. The zero-order chi connectivity index (χ0) is 18.9. The van der Waals surface area contributed by atoms with Gasteiger partial charge in [-0.25, -0.2) is 0 Å². The summed E-state index contributed by atoms with van der Waals surface area (Å²) < 4.78 is 0. The number of carbonyl (C=O) groups is 1. The normalized spacial score (nSPS) is 12.0. The van der Waals surface area contributed by atoms with Gasteiger partial charge in [-0.15, -0.1) is 0 Å². The van der Waals surface area contributed by atoms with Gasteiger partial charge in [-0.2, -0.15) is 0 Å². The van der Waals surface area contributed by atoms with Gasteiger partial charge >= 0.3 is 0 Å². The molecule has 0 fully saturated rings. The fourth-order valence-electron chi connectivity index (χ4n) is 3.31. The van der Waals surface area contributed by atoms with Crippen molar-refractivity contribution in [1.82, 2.24) is 4.98 Å². The molecule has 1 unspecified atom stereocenters. The van der Waals surface area contributed by atoms with Gasteiger partial charge in [0.25, 0.3) is 0 Å². The van der Waals surface area contributed by atoms with Crippen LogP contribution in [0.5, 0.6) is 0 Å². The van der Waals surface area contributed by atoms with Crippen molar-refractivity contribution in [3.8, 4) is 0 Å². The minimum absolute atomic E-state index is 0.00207. The number of unbranched alkanes of at least 4 members (excludes halogenated alkanes) is 3. The first-order valence-electron chi connectivity index (χ1n) is 9.52. The maximum absolute atomic E-state index is 12.6. The Morgan fingerprint density at radius 3 is 2.38 bits per heavy atom. The predicted molar refractivity (Wildman–Crippen MR) is 108 cm³/mol. The molecule has 26 heavy (non-hydrogen) atoms. The predicted octanol–water partition coefficient (Wildman–Crippen LogP) is 4.18. The van der Waals surface area contributed by atoms with Gasteiger partial charge in [-0.3, -0.25) is 9.78 Å². The van der Waals surface area contributed by atoms with Crippen LogP contribution in [0, 0.1) is 13.8 Å². The van der Waals surface area contributed by atoms with Crippen LogP contribution in [0.3, 0.4) is 0 Å². The highest BCUT2D eigenvalue weighted by Gasteiger charge is 2.21. The van der Waals surface area contributed by atoms with E-state index >= 15 is 0 Å². The van der Waals surface area contributed by atoms with E-state index in [-0.39, 0.29) is 5.91 Å². The van der Waals surface area contributed by atoms with Gasteiger partial charge in [-0.1, -0.05) is 37.1 Å². The number of carbonyl (C=O) groups excluding carboxylic acids is 1. The number of para-hydroxylation sites is 1. The van der Waals surface area contributed by atoms with E-state index in [0.29, 0.717) is 0 Å². The van der Waals surface area contributed by atoms with Crippen LogP contribution in [0.15, 0.2) is 42.7 Å². The van der Waals surface area contributed by atoms with Gasteiger partial charge in [0.1, 0.15) is 0 Å². The van der Waals surface area contributed by atoms with Gasteiger partial charge in [-0.05, 0) is 62.8 Å². The number of benzene rings is 1. The minimum Gasteiger partial charge on any atom is -0.320 e. The fourth-order valence-corrected chi connectivity index (χ4v) is 3.31. The molecule has 1 atom stereocenters. The van der Waals surface area contributed by atoms with Crippen LogP contribution in [0.25, 0.3) is 0 Å². The van der Waals surface area contributed by atoms with Crippen LogP contribution < -0.4 is 10.6 Å². The first-order valence-corrected chi connectivity index (χ1v) is 9.52. The maximum Gasteiger partial charge on any atom is 0.243 e. The van der Waals surface area contributed by atoms with Gasteiger partial charge in [0.15, 0.2) is 0 Å². The monoisotopic (exact) mass is 353 g/mol. The third-order valence-electron chi connectivity index (χ3n) is 4.68. The van der Waals surface area contributed by atoms with Crippen molar-refractivity contribution in [3.63, 3.8) is 0 Å². The molecule has 1 aromatic heterocycles. The van der Waals surface area contributed by atoms with Gasteiger partial charge in [0, 0.05) is 24.6 Å². The zero-order valence-corrected chi connectivity index (χ0v) is 16.2. The Morgan fingerprint density at radius 1 is 1.08 bits per heavy atom. The van der Waals surface area contributed by atoms with Crippen molar-refractivity contribution in [2.75, 3.05) is 11.4 Å². The Balaban J connectivity index is 1.88. The van der Waals surface area contributed by atoms with E-state index in [2.05, 4.69) is 37.0 Å². The highest BCUT2D eigenvalue weighted by atomic mass is 16.2. The summed E-state index contributed by atoms with van der Waals surface area (Å²) in [6.07, 6.45) is 9.20.